The highest BCUT2D eigenvalue weighted by Crippen LogP contribution is 2.35. The summed E-state index contributed by atoms with van der Waals surface area (Å²) >= 11 is 15.5. The number of halogens is 2. The maximum absolute atomic E-state index is 13.2. The molecule has 0 saturated carbocycles. The van der Waals surface area contributed by atoms with Crippen LogP contribution in [0.3, 0.4) is 0 Å². The number of ether oxygens (including phenoxy) is 1. The first-order valence-corrected chi connectivity index (χ1v) is 13.9. The summed E-state index contributed by atoms with van der Waals surface area (Å²) < 4.78 is 4.92. The normalized spacial score (nSPS) is 15.3. The first-order valence-electron chi connectivity index (χ1n) is 11.0. The van der Waals surface area contributed by atoms with Crippen LogP contribution in [0.2, 0.25) is 10.0 Å². The zero-order valence-corrected chi connectivity index (χ0v) is 22.8. The van der Waals surface area contributed by atoms with Crippen molar-refractivity contribution < 1.29 is 19.1 Å². The van der Waals surface area contributed by atoms with Gasteiger partial charge in [0.05, 0.1) is 28.4 Å². The van der Waals surface area contributed by atoms with Crippen LogP contribution in [0.1, 0.15) is 24.1 Å². The molecular formula is C24H27Cl2N3O4S2. The Hall–Kier alpha value is -2.07. The van der Waals surface area contributed by atoms with Crippen LogP contribution in [0, 0.1) is 5.92 Å². The average molecular weight is 557 g/mol. The highest BCUT2D eigenvalue weighted by atomic mass is 35.5. The minimum Gasteiger partial charge on any atom is -0.467 e. The lowest BCUT2D eigenvalue weighted by Gasteiger charge is -2.34. The van der Waals surface area contributed by atoms with Crippen LogP contribution in [0.5, 0.6) is 0 Å². The maximum Gasteiger partial charge on any atom is 0.328 e. The summed E-state index contributed by atoms with van der Waals surface area (Å²) in [6.45, 7) is 0.893. The molecule has 2 aromatic rings. The number of aromatic nitrogens is 1. The predicted octanol–water partition coefficient (Wildman–Crippen LogP) is 4.67. The van der Waals surface area contributed by atoms with Crippen LogP contribution in [0.4, 0.5) is 0 Å². The van der Waals surface area contributed by atoms with Crippen molar-refractivity contribution in [3.63, 3.8) is 0 Å². The number of thiazole rings is 1. The molecule has 1 aliphatic rings. The standard InChI is InChI=1S/C24H27Cl2N3O4S2/c1-28(18(24(32)33-2)12-17-13-35-14-27-17)23(31)16-8-10-29(11-9-16)20(30)7-5-15-4-6-19(34-3)22(26)21(15)25/h4-7,13-14,16,18H,8-12H2,1-3H3/b7-5+/t18-/m0/s1. The molecule has 2 amide bonds. The summed E-state index contributed by atoms with van der Waals surface area (Å²) in [4.78, 5) is 46.5. The minimum atomic E-state index is -0.744. The van der Waals surface area contributed by atoms with E-state index in [0.29, 0.717) is 48.0 Å². The largest absolute Gasteiger partial charge is 0.467 e. The van der Waals surface area contributed by atoms with Crippen LogP contribution >= 0.6 is 46.3 Å². The molecule has 0 radical (unpaired) electrons. The third-order valence-corrected chi connectivity index (χ3v) is 8.46. The van der Waals surface area contributed by atoms with Crippen molar-refractivity contribution >= 4 is 70.2 Å². The van der Waals surface area contributed by atoms with E-state index in [2.05, 4.69) is 4.98 Å². The van der Waals surface area contributed by atoms with Gasteiger partial charge < -0.3 is 14.5 Å². The topological polar surface area (TPSA) is 79.8 Å². The fourth-order valence-corrected chi connectivity index (χ4v) is 5.68. The van der Waals surface area contributed by atoms with E-state index in [-0.39, 0.29) is 17.7 Å². The van der Waals surface area contributed by atoms with Crippen molar-refractivity contribution in [1.29, 1.82) is 0 Å². The number of likely N-dealkylation sites (N-methyl/N-ethyl adjacent to an activating group) is 1. The van der Waals surface area contributed by atoms with Gasteiger partial charge in [0.15, 0.2) is 0 Å². The second kappa shape index (κ2) is 12.8. The summed E-state index contributed by atoms with van der Waals surface area (Å²) in [5.41, 5.74) is 3.10. The van der Waals surface area contributed by atoms with Gasteiger partial charge in [-0.05, 0) is 36.8 Å². The van der Waals surface area contributed by atoms with Crippen LogP contribution in [-0.2, 0) is 25.5 Å². The molecule has 11 heteroatoms. The molecule has 3 rings (SSSR count). The fourth-order valence-electron chi connectivity index (χ4n) is 3.94. The molecule has 1 fully saturated rings. The van der Waals surface area contributed by atoms with Crippen molar-refractivity contribution in [3.8, 4) is 0 Å². The van der Waals surface area contributed by atoms with E-state index in [4.69, 9.17) is 27.9 Å². The van der Waals surface area contributed by atoms with Gasteiger partial charge in [0, 0.05) is 48.8 Å². The van der Waals surface area contributed by atoms with Crippen LogP contribution in [0.15, 0.2) is 34.0 Å². The van der Waals surface area contributed by atoms with E-state index in [9.17, 15) is 14.4 Å². The maximum atomic E-state index is 13.2. The Balaban J connectivity index is 1.58. The van der Waals surface area contributed by atoms with Gasteiger partial charge in [-0.15, -0.1) is 23.1 Å². The highest BCUT2D eigenvalue weighted by molar-refractivity contribution is 7.98. The Bertz CT molecular complexity index is 1090. The first kappa shape index (κ1) is 27.5. The van der Waals surface area contributed by atoms with Gasteiger partial charge in [-0.1, -0.05) is 29.3 Å². The minimum absolute atomic E-state index is 0.131. The number of rotatable bonds is 8. The zero-order chi connectivity index (χ0) is 25.5. The second-order valence-electron chi connectivity index (χ2n) is 8.09. The van der Waals surface area contributed by atoms with E-state index in [1.54, 1.807) is 23.5 Å². The number of piperidine rings is 1. The summed E-state index contributed by atoms with van der Waals surface area (Å²) in [6.07, 6.45) is 6.38. The number of amides is 2. The van der Waals surface area contributed by atoms with Gasteiger partial charge in [-0.25, -0.2) is 9.78 Å². The van der Waals surface area contributed by atoms with E-state index in [1.807, 2.05) is 23.8 Å². The molecule has 35 heavy (non-hydrogen) atoms. The molecule has 0 N–H and O–H groups in total. The average Bonchev–Trinajstić information content (AvgIpc) is 3.40. The third-order valence-electron chi connectivity index (χ3n) is 6.03. The number of thioether (sulfide) groups is 1. The molecule has 0 bridgehead atoms. The number of methoxy groups -OCH3 is 1. The number of likely N-dealkylation sites (tertiary alicyclic amines) is 1. The Labute approximate surface area is 223 Å². The second-order valence-corrected chi connectivity index (χ2v) is 10.4. The lowest BCUT2D eigenvalue weighted by atomic mass is 9.94. The summed E-state index contributed by atoms with van der Waals surface area (Å²) in [5.74, 6) is -1.03. The number of nitrogens with zero attached hydrogens (tertiary/aromatic N) is 3. The van der Waals surface area contributed by atoms with Crippen LogP contribution < -0.4 is 0 Å². The summed E-state index contributed by atoms with van der Waals surface area (Å²) in [5, 5.41) is 2.73. The molecule has 1 atom stereocenters. The molecule has 1 aliphatic heterocycles. The fraction of sp³-hybridized carbons (Fsp3) is 0.417. The number of carbonyl (C=O) groups excluding carboxylic acids is 3. The number of carbonyl (C=O) groups is 3. The quantitative estimate of drug-likeness (QED) is 0.267. The third kappa shape index (κ3) is 6.78. The van der Waals surface area contributed by atoms with Gasteiger partial charge in [0.2, 0.25) is 11.8 Å². The van der Waals surface area contributed by atoms with Crippen molar-refractivity contribution in [1.82, 2.24) is 14.8 Å². The lowest BCUT2D eigenvalue weighted by Crippen LogP contribution is -2.49. The van der Waals surface area contributed by atoms with E-state index < -0.39 is 12.0 Å². The van der Waals surface area contributed by atoms with Gasteiger partial charge >= 0.3 is 5.97 Å². The van der Waals surface area contributed by atoms with Gasteiger partial charge in [-0.3, -0.25) is 9.59 Å². The van der Waals surface area contributed by atoms with E-state index >= 15 is 0 Å². The number of hydrogen-bond donors (Lipinski definition) is 0. The van der Waals surface area contributed by atoms with E-state index in [0.717, 1.165) is 10.6 Å². The monoisotopic (exact) mass is 555 g/mol. The van der Waals surface area contributed by atoms with Crippen molar-refractivity contribution in [2.45, 2.75) is 30.2 Å². The molecule has 188 valence electrons. The SMILES string of the molecule is COC(=O)[C@H](Cc1cscn1)N(C)C(=O)C1CCN(C(=O)/C=C/c2ccc(SC)c(Cl)c2Cl)CC1. The van der Waals surface area contributed by atoms with Crippen molar-refractivity contribution in [2.24, 2.45) is 5.92 Å². The Morgan fingerprint density at radius 3 is 2.60 bits per heavy atom. The first-order chi connectivity index (χ1) is 16.8. The van der Waals surface area contributed by atoms with Crippen molar-refractivity contribution in [3.05, 3.63) is 50.4 Å². The predicted molar refractivity (Wildman–Crippen MR) is 141 cm³/mol. The van der Waals surface area contributed by atoms with Crippen LogP contribution in [-0.4, -0.2) is 72.1 Å². The lowest BCUT2D eigenvalue weighted by molar-refractivity contribution is -0.153. The number of esters is 1. The number of benzene rings is 1. The summed E-state index contributed by atoms with van der Waals surface area (Å²) in [6, 6.07) is 2.95. The smallest absolute Gasteiger partial charge is 0.328 e. The molecule has 0 aliphatic carbocycles. The highest BCUT2D eigenvalue weighted by Gasteiger charge is 2.34. The van der Waals surface area contributed by atoms with E-state index in [1.165, 1.54) is 41.2 Å². The van der Waals surface area contributed by atoms with Gasteiger partial charge in [0.25, 0.3) is 0 Å². The number of hydrogen-bond acceptors (Lipinski definition) is 7. The zero-order valence-electron chi connectivity index (χ0n) is 19.7. The molecule has 7 nitrogen and oxygen atoms in total. The van der Waals surface area contributed by atoms with Gasteiger partial charge in [-0.2, -0.15) is 0 Å². The molecule has 2 heterocycles. The molecule has 0 spiro atoms. The van der Waals surface area contributed by atoms with Crippen LogP contribution in [0.25, 0.3) is 6.08 Å². The Kier molecular flexibility index (Phi) is 10.0. The molecular weight excluding hydrogens is 529 g/mol. The Morgan fingerprint density at radius 1 is 1.29 bits per heavy atom. The van der Waals surface area contributed by atoms with Gasteiger partial charge in [0.1, 0.15) is 6.04 Å². The molecule has 1 saturated heterocycles. The molecule has 0 unspecified atom stereocenters. The summed E-state index contributed by atoms with van der Waals surface area (Å²) in [7, 11) is 2.93. The molecule has 1 aromatic carbocycles. The Morgan fingerprint density at radius 2 is 2.00 bits per heavy atom. The molecule has 1 aromatic heterocycles. The van der Waals surface area contributed by atoms with Crippen molar-refractivity contribution in [2.75, 3.05) is 33.5 Å².